The average Bonchev–Trinajstić information content (AvgIpc) is 2.66. The smallest absolute Gasteiger partial charge is 0.191 e. The van der Waals surface area contributed by atoms with E-state index in [-0.39, 0.29) is 30.0 Å². The molecule has 0 aliphatic heterocycles. The maximum absolute atomic E-state index is 5.35. The van der Waals surface area contributed by atoms with Crippen LogP contribution in [0.25, 0.3) is 0 Å². The molecule has 0 aliphatic rings. The van der Waals surface area contributed by atoms with Crippen molar-refractivity contribution in [3.8, 4) is 5.75 Å². The zero-order chi connectivity index (χ0) is 20.1. The Morgan fingerprint density at radius 1 is 1.14 bits per heavy atom. The van der Waals surface area contributed by atoms with Gasteiger partial charge in [-0.05, 0) is 45.3 Å². The van der Waals surface area contributed by atoms with E-state index in [0.717, 1.165) is 50.9 Å². The molecule has 162 valence electrons. The highest BCUT2D eigenvalue weighted by molar-refractivity contribution is 14.0. The molecule has 0 radical (unpaired) electrons. The molecule has 1 unspecified atom stereocenters. The molecule has 0 bridgehead atoms. The summed E-state index contributed by atoms with van der Waals surface area (Å²) in [6.07, 6.45) is 1.05. The van der Waals surface area contributed by atoms with Gasteiger partial charge in [0.05, 0.1) is 13.2 Å². The number of benzene rings is 1. The molecule has 28 heavy (non-hydrogen) atoms. The molecule has 0 saturated heterocycles. The lowest BCUT2D eigenvalue weighted by molar-refractivity contribution is 0.180. The number of aliphatic imine (C=N–C) groups is 1. The van der Waals surface area contributed by atoms with Crippen molar-refractivity contribution in [3.63, 3.8) is 0 Å². The number of rotatable bonds is 12. The molecule has 0 spiro atoms. The van der Waals surface area contributed by atoms with Crippen LogP contribution >= 0.6 is 24.0 Å². The minimum atomic E-state index is 0. The van der Waals surface area contributed by atoms with Gasteiger partial charge in [0.1, 0.15) is 5.75 Å². The minimum Gasteiger partial charge on any atom is -0.497 e. The summed E-state index contributed by atoms with van der Waals surface area (Å²) < 4.78 is 10.4. The zero-order valence-electron chi connectivity index (χ0n) is 18.2. The van der Waals surface area contributed by atoms with E-state index >= 15 is 0 Å². The lowest BCUT2D eigenvalue weighted by atomic mass is 10.1. The van der Waals surface area contributed by atoms with Gasteiger partial charge in [-0.1, -0.05) is 12.1 Å². The van der Waals surface area contributed by atoms with Crippen molar-refractivity contribution in [3.05, 3.63) is 29.8 Å². The fraction of sp³-hybridized carbons (Fsp3) is 0.650. The molecular weight excluding hydrogens is 469 g/mol. The molecule has 0 amide bonds. The molecule has 0 aromatic heterocycles. The molecule has 1 rings (SSSR count). The fourth-order valence-electron chi connectivity index (χ4n) is 2.82. The summed E-state index contributed by atoms with van der Waals surface area (Å²) in [5.41, 5.74) is 1.21. The van der Waals surface area contributed by atoms with Gasteiger partial charge in [-0.25, -0.2) is 0 Å². The number of nitrogens with zero attached hydrogens (tertiary/aromatic N) is 3. The Morgan fingerprint density at radius 3 is 2.50 bits per heavy atom. The summed E-state index contributed by atoms with van der Waals surface area (Å²) in [7, 11) is 11.5. The zero-order valence-corrected chi connectivity index (χ0v) is 20.5. The van der Waals surface area contributed by atoms with Crippen LogP contribution in [0.1, 0.15) is 18.0 Å². The molecule has 8 heteroatoms. The van der Waals surface area contributed by atoms with Crippen molar-refractivity contribution in [2.45, 2.75) is 12.5 Å². The second-order valence-electron chi connectivity index (χ2n) is 6.79. The molecule has 0 heterocycles. The summed E-state index contributed by atoms with van der Waals surface area (Å²) in [6.45, 7) is 4.38. The van der Waals surface area contributed by atoms with Crippen LogP contribution < -0.4 is 15.4 Å². The lowest BCUT2D eigenvalue weighted by Crippen LogP contribution is -2.44. The SMILES string of the molecule is CN=C(NCCN(C)CCCOC)NCC(c1cccc(OC)c1)N(C)C.I. The van der Waals surface area contributed by atoms with E-state index in [9.17, 15) is 0 Å². The van der Waals surface area contributed by atoms with E-state index in [1.807, 2.05) is 12.1 Å². The molecule has 2 N–H and O–H groups in total. The molecule has 1 aromatic rings. The highest BCUT2D eigenvalue weighted by Crippen LogP contribution is 2.21. The monoisotopic (exact) mass is 507 g/mol. The molecule has 0 saturated carbocycles. The molecule has 0 aliphatic carbocycles. The van der Waals surface area contributed by atoms with Gasteiger partial charge in [0.25, 0.3) is 0 Å². The number of ether oxygens (including phenoxy) is 2. The highest BCUT2D eigenvalue weighted by atomic mass is 127. The van der Waals surface area contributed by atoms with Gasteiger partial charge in [0.15, 0.2) is 5.96 Å². The third-order valence-corrected chi connectivity index (χ3v) is 4.46. The van der Waals surface area contributed by atoms with Crippen LogP contribution in [-0.2, 0) is 4.74 Å². The van der Waals surface area contributed by atoms with Crippen LogP contribution in [0.3, 0.4) is 0 Å². The first-order chi connectivity index (χ1) is 13.0. The van der Waals surface area contributed by atoms with E-state index in [0.29, 0.717) is 0 Å². The number of likely N-dealkylation sites (N-methyl/N-ethyl adjacent to an activating group) is 2. The van der Waals surface area contributed by atoms with Crippen LogP contribution in [0.2, 0.25) is 0 Å². The number of guanidine groups is 1. The van der Waals surface area contributed by atoms with Crippen molar-refractivity contribution in [2.75, 3.05) is 75.2 Å². The van der Waals surface area contributed by atoms with E-state index in [2.05, 4.69) is 58.7 Å². The Kier molecular flexibility index (Phi) is 15.2. The number of hydrogen-bond donors (Lipinski definition) is 2. The quantitative estimate of drug-likeness (QED) is 0.196. The van der Waals surface area contributed by atoms with Crippen LogP contribution in [0.15, 0.2) is 29.3 Å². The van der Waals surface area contributed by atoms with Gasteiger partial charge >= 0.3 is 0 Å². The van der Waals surface area contributed by atoms with Crippen molar-refractivity contribution in [1.29, 1.82) is 0 Å². The second-order valence-corrected chi connectivity index (χ2v) is 6.79. The number of methoxy groups -OCH3 is 2. The summed E-state index contributed by atoms with van der Waals surface area (Å²) in [6, 6.07) is 8.41. The first-order valence-electron chi connectivity index (χ1n) is 9.44. The Morgan fingerprint density at radius 2 is 1.89 bits per heavy atom. The van der Waals surface area contributed by atoms with E-state index in [1.165, 1.54) is 5.56 Å². The summed E-state index contributed by atoms with van der Waals surface area (Å²) in [5.74, 6) is 1.69. The molecular formula is C20H38IN5O2. The van der Waals surface area contributed by atoms with E-state index in [1.54, 1.807) is 21.3 Å². The van der Waals surface area contributed by atoms with Gasteiger partial charge in [0.2, 0.25) is 0 Å². The summed E-state index contributed by atoms with van der Waals surface area (Å²) in [5, 5.41) is 6.81. The Balaban J connectivity index is 0.00000729. The van der Waals surface area contributed by atoms with Crippen LogP contribution in [-0.4, -0.2) is 91.0 Å². The van der Waals surface area contributed by atoms with Crippen LogP contribution in [0.4, 0.5) is 0 Å². The van der Waals surface area contributed by atoms with Crippen molar-refractivity contribution < 1.29 is 9.47 Å². The van der Waals surface area contributed by atoms with Crippen LogP contribution in [0.5, 0.6) is 5.75 Å². The van der Waals surface area contributed by atoms with Gasteiger partial charge in [-0.3, -0.25) is 4.99 Å². The molecule has 0 fully saturated rings. The highest BCUT2D eigenvalue weighted by Gasteiger charge is 2.15. The van der Waals surface area contributed by atoms with Gasteiger partial charge < -0.3 is 29.9 Å². The average molecular weight is 507 g/mol. The Hall–Kier alpha value is -1.10. The predicted molar refractivity (Wildman–Crippen MR) is 128 cm³/mol. The first kappa shape index (κ1) is 26.9. The number of hydrogen-bond acceptors (Lipinski definition) is 5. The molecule has 1 atom stereocenters. The largest absolute Gasteiger partial charge is 0.497 e. The summed E-state index contributed by atoms with van der Waals surface area (Å²) in [4.78, 5) is 8.81. The van der Waals surface area contributed by atoms with Crippen LogP contribution in [0, 0.1) is 0 Å². The Bertz CT molecular complexity index is 557. The second kappa shape index (κ2) is 15.8. The number of nitrogens with one attached hydrogen (secondary N) is 2. The third-order valence-electron chi connectivity index (χ3n) is 4.46. The van der Waals surface area contributed by atoms with Gasteiger partial charge in [-0.15, -0.1) is 24.0 Å². The number of halogens is 1. The normalized spacial score (nSPS) is 12.6. The fourth-order valence-corrected chi connectivity index (χ4v) is 2.82. The molecule has 7 nitrogen and oxygen atoms in total. The van der Waals surface area contributed by atoms with E-state index < -0.39 is 0 Å². The molecule has 1 aromatic carbocycles. The first-order valence-corrected chi connectivity index (χ1v) is 9.44. The standard InChI is InChI=1S/C20H37N5O2.HI/c1-21-20(22-11-13-25(4)12-8-14-26-5)23-16-19(24(2)3)17-9-7-10-18(15-17)27-6;/h7,9-10,15,19H,8,11-14,16H2,1-6H3,(H2,21,22,23);1H. The van der Waals surface area contributed by atoms with Gasteiger partial charge in [-0.2, -0.15) is 0 Å². The van der Waals surface area contributed by atoms with Crippen molar-refractivity contribution >= 4 is 29.9 Å². The topological polar surface area (TPSA) is 61.4 Å². The Labute approximate surface area is 187 Å². The summed E-state index contributed by atoms with van der Waals surface area (Å²) >= 11 is 0. The lowest BCUT2D eigenvalue weighted by Gasteiger charge is -2.26. The maximum atomic E-state index is 5.35. The van der Waals surface area contributed by atoms with Gasteiger partial charge in [0, 0.05) is 46.9 Å². The minimum absolute atomic E-state index is 0. The van der Waals surface area contributed by atoms with Crippen molar-refractivity contribution in [1.82, 2.24) is 20.4 Å². The predicted octanol–water partition coefficient (Wildman–Crippen LogP) is 2.05. The van der Waals surface area contributed by atoms with E-state index in [4.69, 9.17) is 9.47 Å². The third kappa shape index (κ3) is 10.4. The van der Waals surface area contributed by atoms with Crippen molar-refractivity contribution in [2.24, 2.45) is 4.99 Å². The maximum Gasteiger partial charge on any atom is 0.191 e.